The third-order valence-corrected chi connectivity index (χ3v) is 5.32. The van der Waals surface area contributed by atoms with Crippen molar-refractivity contribution >= 4 is 29.3 Å². The normalized spacial score (nSPS) is 23.4. The lowest BCUT2D eigenvalue weighted by Crippen LogP contribution is -2.55. The van der Waals surface area contributed by atoms with E-state index in [0.29, 0.717) is 29.1 Å². The van der Waals surface area contributed by atoms with Crippen LogP contribution in [0.25, 0.3) is 6.08 Å². The third kappa shape index (κ3) is 3.85. The van der Waals surface area contributed by atoms with Crippen LogP contribution in [0.5, 0.6) is 0 Å². The Morgan fingerprint density at radius 3 is 2.64 bits per heavy atom. The number of hydrogen-bond acceptors (Lipinski definition) is 4. The van der Waals surface area contributed by atoms with Crippen LogP contribution in [0.1, 0.15) is 31.7 Å². The lowest BCUT2D eigenvalue weighted by Gasteiger charge is -2.40. The number of rotatable bonds is 5. The summed E-state index contributed by atoms with van der Waals surface area (Å²) in [5, 5.41) is 11.6. The third-order valence-electron chi connectivity index (χ3n) is 5.09. The van der Waals surface area contributed by atoms with Crippen LogP contribution in [0.15, 0.2) is 24.3 Å². The summed E-state index contributed by atoms with van der Waals surface area (Å²) in [5.74, 6) is 0.224. The summed E-state index contributed by atoms with van der Waals surface area (Å²) >= 11 is 5.96. The topological polar surface area (TPSA) is 66.7 Å². The summed E-state index contributed by atoms with van der Waals surface area (Å²) in [5.41, 5.74) is 0.576. The average molecular weight is 364 g/mol. The van der Waals surface area contributed by atoms with Crippen molar-refractivity contribution in [2.75, 3.05) is 19.6 Å². The number of hydrogen-bond donors (Lipinski definition) is 0. The molecular formula is C18H22ClN3O3. The quantitative estimate of drug-likeness (QED) is 0.594. The van der Waals surface area contributed by atoms with Crippen LogP contribution in [0.4, 0.5) is 5.69 Å². The maximum Gasteiger partial charge on any atom is 0.276 e. The number of likely N-dealkylation sites (tertiary alicyclic amines) is 1. The Balaban J connectivity index is 1.67. The van der Waals surface area contributed by atoms with Gasteiger partial charge in [-0.25, -0.2) is 0 Å². The van der Waals surface area contributed by atoms with E-state index >= 15 is 0 Å². The zero-order valence-corrected chi connectivity index (χ0v) is 15.0. The fraction of sp³-hybridized carbons (Fsp3) is 0.500. The minimum atomic E-state index is -0.394. The molecule has 1 aromatic carbocycles. The van der Waals surface area contributed by atoms with Gasteiger partial charge in [0.1, 0.15) is 0 Å². The molecule has 3 rings (SSSR count). The van der Waals surface area contributed by atoms with E-state index in [1.54, 1.807) is 12.1 Å². The van der Waals surface area contributed by atoms with Gasteiger partial charge in [-0.15, -0.1) is 0 Å². The SMILES string of the molecule is CCC(=O)N1CC2CCC(C1)N2C/C=C/c1cc(Cl)ccc1[N+](=O)[O-]. The first-order valence-electron chi connectivity index (χ1n) is 8.63. The first kappa shape index (κ1) is 17.9. The maximum atomic E-state index is 11.9. The molecule has 0 radical (unpaired) electrons. The van der Waals surface area contributed by atoms with Gasteiger partial charge in [0.25, 0.3) is 5.69 Å². The van der Waals surface area contributed by atoms with Gasteiger partial charge >= 0.3 is 0 Å². The summed E-state index contributed by atoms with van der Waals surface area (Å²) in [7, 11) is 0. The van der Waals surface area contributed by atoms with E-state index in [9.17, 15) is 14.9 Å². The van der Waals surface area contributed by atoms with Crippen LogP contribution in [0.3, 0.4) is 0 Å². The van der Waals surface area contributed by atoms with Crippen LogP contribution in [-0.4, -0.2) is 52.3 Å². The number of carbonyl (C=O) groups is 1. The highest BCUT2D eigenvalue weighted by atomic mass is 35.5. The van der Waals surface area contributed by atoms with E-state index in [2.05, 4.69) is 4.90 Å². The predicted molar refractivity (Wildman–Crippen MR) is 97.5 cm³/mol. The van der Waals surface area contributed by atoms with Crippen molar-refractivity contribution < 1.29 is 9.72 Å². The van der Waals surface area contributed by atoms with Gasteiger partial charge in [0.2, 0.25) is 5.91 Å². The Morgan fingerprint density at radius 2 is 2.04 bits per heavy atom. The van der Waals surface area contributed by atoms with Gasteiger partial charge < -0.3 is 4.90 Å². The summed E-state index contributed by atoms with van der Waals surface area (Å²) in [6.45, 7) is 4.20. The van der Waals surface area contributed by atoms with Crippen LogP contribution < -0.4 is 0 Å². The molecule has 2 saturated heterocycles. The Kier molecular flexibility index (Phi) is 5.39. The fourth-order valence-electron chi connectivity index (χ4n) is 3.84. The standard InChI is InChI=1S/C18H22ClN3O3/c1-2-18(23)20-11-15-6-7-16(12-20)21(15)9-3-4-13-10-14(19)5-8-17(13)22(24)25/h3-5,8,10,15-16H,2,6-7,9,11-12H2,1H3/b4-3+. The molecule has 2 unspecified atom stereocenters. The number of carbonyl (C=O) groups excluding carboxylic acids is 1. The Bertz CT molecular complexity index is 693. The van der Waals surface area contributed by atoms with E-state index in [1.807, 2.05) is 17.9 Å². The number of piperazine rings is 1. The molecule has 2 bridgehead atoms. The van der Waals surface area contributed by atoms with Gasteiger partial charge in [-0.05, 0) is 25.0 Å². The molecule has 2 fully saturated rings. The second-order valence-electron chi connectivity index (χ2n) is 6.60. The molecule has 25 heavy (non-hydrogen) atoms. The largest absolute Gasteiger partial charge is 0.340 e. The molecule has 1 aromatic rings. The number of nitro benzene ring substituents is 1. The summed E-state index contributed by atoms with van der Waals surface area (Å²) < 4.78 is 0. The van der Waals surface area contributed by atoms with E-state index in [4.69, 9.17) is 11.6 Å². The monoisotopic (exact) mass is 363 g/mol. The van der Waals surface area contributed by atoms with Crippen molar-refractivity contribution in [2.45, 2.75) is 38.3 Å². The number of amides is 1. The molecular weight excluding hydrogens is 342 g/mol. The Hall–Kier alpha value is -1.92. The first-order valence-corrected chi connectivity index (χ1v) is 9.01. The fourth-order valence-corrected chi connectivity index (χ4v) is 4.02. The number of benzene rings is 1. The summed E-state index contributed by atoms with van der Waals surface area (Å²) in [6.07, 6.45) is 6.48. The molecule has 0 N–H and O–H groups in total. The van der Waals surface area contributed by atoms with Crippen molar-refractivity contribution in [3.05, 3.63) is 45.0 Å². The zero-order chi connectivity index (χ0) is 18.0. The molecule has 0 saturated carbocycles. The van der Waals surface area contributed by atoms with Crippen LogP contribution in [0, 0.1) is 10.1 Å². The second-order valence-corrected chi connectivity index (χ2v) is 7.03. The molecule has 0 aliphatic carbocycles. The molecule has 2 aliphatic rings. The highest BCUT2D eigenvalue weighted by Gasteiger charge is 2.40. The number of nitrogens with zero attached hydrogens (tertiary/aromatic N) is 3. The van der Waals surface area contributed by atoms with Crippen molar-refractivity contribution in [3.8, 4) is 0 Å². The average Bonchev–Trinajstić information content (AvgIpc) is 2.82. The number of nitro groups is 1. The van der Waals surface area contributed by atoms with Gasteiger partial charge in [0.15, 0.2) is 0 Å². The molecule has 2 heterocycles. The predicted octanol–water partition coefficient (Wildman–Crippen LogP) is 3.35. The highest BCUT2D eigenvalue weighted by molar-refractivity contribution is 6.30. The van der Waals surface area contributed by atoms with Gasteiger partial charge in [0.05, 0.1) is 10.5 Å². The van der Waals surface area contributed by atoms with Crippen LogP contribution >= 0.6 is 11.6 Å². The minimum absolute atomic E-state index is 0.0574. The molecule has 0 spiro atoms. The van der Waals surface area contributed by atoms with Crippen LogP contribution in [-0.2, 0) is 4.79 Å². The summed E-state index contributed by atoms with van der Waals surface area (Å²) in [4.78, 5) is 27.1. The van der Waals surface area contributed by atoms with Gasteiger partial charge in [-0.2, -0.15) is 0 Å². The first-order chi connectivity index (χ1) is 12.0. The van der Waals surface area contributed by atoms with Crippen molar-refractivity contribution in [3.63, 3.8) is 0 Å². The minimum Gasteiger partial charge on any atom is -0.340 e. The van der Waals surface area contributed by atoms with Crippen molar-refractivity contribution in [2.24, 2.45) is 0 Å². The lowest BCUT2D eigenvalue weighted by atomic mass is 10.1. The molecule has 7 heteroatoms. The molecule has 0 aromatic heterocycles. The van der Waals surface area contributed by atoms with E-state index in [0.717, 1.165) is 32.5 Å². The van der Waals surface area contributed by atoms with Gasteiger partial charge in [0, 0.05) is 49.2 Å². The lowest BCUT2D eigenvalue weighted by molar-refractivity contribution is -0.385. The van der Waals surface area contributed by atoms with E-state index in [-0.39, 0.29) is 11.6 Å². The second kappa shape index (κ2) is 7.54. The number of fused-ring (bicyclic) bond motifs is 2. The highest BCUT2D eigenvalue weighted by Crippen LogP contribution is 2.30. The smallest absolute Gasteiger partial charge is 0.276 e. The van der Waals surface area contributed by atoms with Crippen molar-refractivity contribution in [1.29, 1.82) is 0 Å². The molecule has 134 valence electrons. The maximum absolute atomic E-state index is 11.9. The van der Waals surface area contributed by atoms with Crippen molar-refractivity contribution in [1.82, 2.24) is 9.80 Å². The van der Waals surface area contributed by atoms with Crippen LogP contribution in [0.2, 0.25) is 5.02 Å². The zero-order valence-electron chi connectivity index (χ0n) is 14.2. The summed E-state index contributed by atoms with van der Waals surface area (Å²) in [6, 6.07) is 5.34. The molecule has 1 amide bonds. The van der Waals surface area contributed by atoms with Gasteiger partial charge in [-0.3, -0.25) is 19.8 Å². The number of halogens is 1. The molecule has 6 nitrogen and oxygen atoms in total. The molecule has 2 aliphatic heterocycles. The Labute approximate surface area is 152 Å². The van der Waals surface area contributed by atoms with E-state index in [1.165, 1.54) is 12.1 Å². The van der Waals surface area contributed by atoms with E-state index < -0.39 is 4.92 Å². The van der Waals surface area contributed by atoms with Gasteiger partial charge in [-0.1, -0.05) is 30.7 Å². The Morgan fingerprint density at radius 1 is 1.36 bits per heavy atom. The molecule has 2 atom stereocenters.